The normalized spacial score (nSPS) is 30.7. The summed E-state index contributed by atoms with van der Waals surface area (Å²) >= 11 is 0. The number of rotatable bonds is 3. The fraction of sp³-hybridized carbons (Fsp3) is 0.381. The first-order valence-electron chi connectivity index (χ1n) is 8.26. The molecule has 0 aliphatic heterocycles. The highest BCUT2D eigenvalue weighted by atomic mass is 14.7. The van der Waals surface area contributed by atoms with Crippen molar-refractivity contribution in [2.75, 3.05) is 0 Å². The van der Waals surface area contributed by atoms with E-state index in [4.69, 9.17) is 0 Å². The number of nitrogens with zero attached hydrogens (tertiary/aromatic N) is 1. The molecule has 1 aliphatic carbocycles. The number of H-pyrrole nitrogens is 1. The summed E-state index contributed by atoms with van der Waals surface area (Å²) in [5.41, 5.74) is 3.40. The van der Waals surface area contributed by atoms with Gasteiger partial charge in [0.1, 0.15) is 0 Å². The number of benzene rings is 1. The number of hydrogen-bond acceptors (Lipinski definition) is 1. The number of nitriles is 1. The van der Waals surface area contributed by atoms with Gasteiger partial charge in [-0.1, -0.05) is 43.4 Å². The molecule has 1 aromatic carbocycles. The minimum Gasteiger partial charge on any atom is -0.361 e. The van der Waals surface area contributed by atoms with Crippen LogP contribution in [0.2, 0.25) is 0 Å². The Kier molecular flexibility index (Phi) is 3.90. The van der Waals surface area contributed by atoms with E-state index in [0.29, 0.717) is 5.92 Å². The van der Waals surface area contributed by atoms with Gasteiger partial charge in [0.05, 0.1) is 12.0 Å². The van der Waals surface area contributed by atoms with Crippen LogP contribution >= 0.6 is 0 Å². The summed E-state index contributed by atoms with van der Waals surface area (Å²) in [6.45, 7) is 12.5. The van der Waals surface area contributed by atoms with E-state index >= 15 is 0 Å². The quantitative estimate of drug-likeness (QED) is 0.740. The minimum atomic E-state index is -0.149. The first-order chi connectivity index (χ1) is 11.0. The molecule has 4 atom stereocenters. The van der Waals surface area contributed by atoms with Gasteiger partial charge in [-0.2, -0.15) is 5.26 Å². The van der Waals surface area contributed by atoms with E-state index < -0.39 is 0 Å². The van der Waals surface area contributed by atoms with Gasteiger partial charge >= 0.3 is 0 Å². The van der Waals surface area contributed by atoms with Crippen LogP contribution in [-0.4, -0.2) is 4.98 Å². The zero-order valence-corrected chi connectivity index (χ0v) is 14.0. The molecule has 0 saturated heterocycles. The van der Waals surface area contributed by atoms with Gasteiger partial charge in [-0.25, -0.2) is 0 Å². The SMILES string of the molecule is C=C[C@]1(C)CC[C@@H](C(=C)C)[C@H](c2c[nH]c3ccccc23)[C@H]1C#N. The van der Waals surface area contributed by atoms with Crippen LogP contribution in [0.25, 0.3) is 10.9 Å². The lowest BCUT2D eigenvalue weighted by Gasteiger charge is -2.45. The average Bonchev–Trinajstić information content (AvgIpc) is 2.97. The molecule has 1 fully saturated rings. The van der Waals surface area contributed by atoms with Gasteiger partial charge in [-0.3, -0.25) is 0 Å². The lowest BCUT2D eigenvalue weighted by Crippen LogP contribution is -2.38. The molecular formula is C21H24N2. The Bertz CT molecular complexity index is 792. The summed E-state index contributed by atoms with van der Waals surface area (Å²) in [6.07, 6.45) is 6.12. The topological polar surface area (TPSA) is 39.6 Å². The van der Waals surface area contributed by atoms with Crippen LogP contribution in [0.5, 0.6) is 0 Å². The van der Waals surface area contributed by atoms with E-state index in [1.807, 2.05) is 12.1 Å². The first-order valence-corrected chi connectivity index (χ1v) is 8.26. The Hall–Kier alpha value is -2.27. The molecule has 1 N–H and O–H groups in total. The molecule has 1 aliphatic rings. The van der Waals surface area contributed by atoms with Crippen molar-refractivity contribution in [1.82, 2.24) is 4.98 Å². The van der Waals surface area contributed by atoms with Crippen molar-refractivity contribution < 1.29 is 0 Å². The Morgan fingerprint density at radius 1 is 1.43 bits per heavy atom. The molecule has 1 saturated carbocycles. The number of nitrogens with one attached hydrogen (secondary N) is 1. The Balaban J connectivity index is 2.19. The molecule has 3 rings (SSSR count). The molecule has 2 nitrogen and oxygen atoms in total. The van der Waals surface area contributed by atoms with Crippen molar-refractivity contribution >= 4 is 10.9 Å². The van der Waals surface area contributed by atoms with Gasteiger partial charge in [0, 0.05) is 28.4 Å². The first kappa shape index (κ1) is 15.6. The van der Waals surface area contributed by atoms with E-state index in [2.05, 4.69) is 62.5 Å². The maximum Gasteiger partial charge on any atom is 0.0671 e. The molecule has 0 unspecified atom stereocenters. The van der Waals surface area contributed by atoms with Gasteiger partial charge < -0.3 is 4.98 Å². The highest BCUT2D eigenvalue weighted by molar-refractivity contribution is 5.83. The van der Waals surface area contributed by atoms with E-state index in [1.54, 1.807) is 0 Å². The summed E-state index contributed by atoms with van der Waals surface area (Å²) in [5, 5.41) is 11.2. The van der Waals surface area contributed by atoms with Crippen LogP contribution in [0, 0.1) is 28.6 Å². The van der Waals surface area contributed by atoms with Crippen molar-refractivity contribution in [1.29, 1.82) is 5.26 Å². The number of aromatic nitrogens is 1. The minimum absolute atomic E-state index is 0.0883. The van der Waals surface area contributed by atoms with Crippen molar-refractivity contribution in [2.24, 2.45) is 17.3 Å². The summed E-state index contributed by atoms with van der Waals surface area (Å²) < 4.78 is 0. The zero-order valence-electron chi connectivity index (χ0n) is 14.0. The Labute approximate surface area is 138 Å². The van der Waals surface area contributed by atoms with Crippen molar-refractivity contribution in [3.8, 4) is 6.07 Å². The zero-order chi connectivity index (χ0) is 16.6. The summed E-state index contributed by atoms with van der Waals surface area (Å²) in [5.74, 6) is 0.409. The van der Waals surface area contributed by atoms with Gasteiger partial charge in [0.2, 0.25) is 0 Å². The Morgan fingerprint density at radius 2 is 2.17 bits per heavy atom. The number of allylic oxidation sites excluding steroid dienone is 2. The van der Waals surface area contributed by atoms with Gasteiger partial charge in [-0.05, 0) is 37.3 Å². The molecule has 0 radical (unpaired) electrons. The molecular weight excluding hydrogens is 280 g/mol. The van der Waals surface area contributed by atoms with Crippen LogP contribution < -0.4 is 0 Å². The molecule has 0 spiro atoms. The summed E-state index contributed by atoms with van der Waals surface area (Å²) in [4.78, 5) is 3.37. The van der Waals surface area contributed by atoms with E-state index in [0.717, 1.165) is 18.4 Å². The molecule has 118 valence electrons. The lowest BCUT2D eigenvalue weighted by molar-refractivity contribution is 0.153. The van der Waals surface area contributed by atoms with Crippen molar-refractivity contribution in [3.63, 3.8) is 0 Å². The van der Waals surface area contributed by atoms with Crippen molar-refractivity contribution in [3.05, 3.63) is 60.8 Å². The lowest BCUT2D eigenvalue weighted by atomic mass is 9.56. The van der Waals surface area contributed by atoms with E-state index in [9.17, 15) is 5.26 Å². The monoisotopic (exact) mass is 304 g/mol. The Morgan fingerprint density at radius 3 is 2.83 bits per heavy atom. The summed E-state index contributed by atoms with van der Waals surface area (Å²) in [7, 11) is 0. The molecule has 2 heteroatoms. The van der Waals surface area contributed by atoms with Crippen molar-refractivity contribution in [2.45, 2.75) is 32.6 Å². The van der Waals surface area contributed by atoms with E-state index in [1.165, 1.54) is 16.5 Å². The van der Waals surface area contributed by atoms with E-state index in [-0.39, 0.29) is 17.3 Å². The maximum absolute atomic E-state index is 9.96. The second kappa shape index (κ2) is 5.74. The smallest absolute Gasteiger partial charge is 0.0671 e. The van der Waals surface area contributed by atoms with Crippen LogP contribution in [0.15, 0.2) is 55.3 Å². The standard InChI is InChI=1S/C21H24N2/c1-5-21(4)11-10-15(14(2)3)20(18(21)12-22)17-13-23-19-9-7-6-8-16(17)19/h5-9,13,15,18,20,23H,1-2,10-11H2,3-4H3/t15-,18+,20+,21+/m0/s1. The predicted molar refractivity (Wildman–Crippen MR) is 96.0 cm³/mol. The van der Waals surface area contributed by atoms with Gasteiger partial charge in [0.15, 0.2) is 0 Å². The second-order valence-electron chi connectivity index (χ2n) is 7.12. The molecule has 2 aromatic rings. The molecule has 1 heterocycles. The molecule has 0 amide bonds. The predicted octanol–water partition coefficient (Wildman–Crippen LogP) is 5.57. The van der Waals surface area contributed by atoms with Gasteiger partial charge in [-0.15, -0.1) is 6.58 Å². The van der Waals surface area contributed by atoms with Crippen LogP contribution in [0.1, 0.15) is 38.2 Å². The third-order valence-electron chi connectivity index (χ3n) is 5.72. The largest absolute Gasteiger partial charge is 0.361 e. The number of fused-ring (bicyclic) bond motifs is 1. The van der Waals surface area contributed by atoms with Crippen LogP contribution in [0.4, 0.5) is 0 Å². The highest BCUT2D eigenvalue weighted by Gasteiger charge is 2.46. The number of para-hydroxylation sites is 1. The summed E-state index contributed by atoms with van der Waals surface area (Å²) in [6, 6.07) is 10.9. The number of aromatic amines is 1. The fourth-order valence-corrected chi connectivity index (χ4v) is 4.22. The fourth-order valence-electron chi connectivity index (χ4n) is 4.22. The van der Waals surface area contributed by atoms with Gasteiger partial charge in [0.25, 0.3) is 0 Å². The van der Waals surface area contributed by atoms with Crippen LogP contribution in [-0.2, 0) is 0 Å². The molecule has 23 heavy (non-hydrogen) atoms. The number of hydrogen-bond donors (Lipinski definition) is 1. The highest BCUT2D eigenvalue weighted by Crippen LogP contribution is 2.54. The maximum atomic E-state index is 9.96. The second-order valence-corrected chi connectivity index (χ2v) is 7.12. The molecule has 1 aromatic heterocycles. The van der Waals surface area contributed by atoms with Crippen LogP contribution in [0.3, 0.4) is 0 Å². The third-order valence-corrected chi connectivity index (χ3v) is 5.72. The average molecular weight is 304 g/mol. The third kappa shape index (κ3) is 2.41. The molecule has 0 bridgehead atoms.